The van der Waals surface area contributed by atoms with Crippen molar-refractivity contribution in [2.45, 2.75) is 83.1 Å². The van der Waals surface area contributed by atoms with E-state index in [1.54, 1.807) is 21.3 Å². The Morgan fingerprint density at radius 3 is 2.34 bits per heavy atom. The van der Waals surface area contributed by atoms with Gasteiger partial charge in [0.1, 0.15) is 6.04 Å². The van der Waals surface area contributed by atoms with Crippen LogP contribution in [-0.2, 0) is 19.1 Å². The van der Waals surface area contributed by atoms with Crippen molar-refractivity contribution in [3.8, 4) is 11.5 Å². The number of ether oxygens (including phenoxy) is 4. The molecule has 7 heteroatoms. The number of rotatable bonds is 11. The largest absolute Gasteiger partial charge is 0.493 e. The lowest BCUT2D eigenvalue weighted by Crippen LogP contribution is -2.51. The van der Waals surface area contributed by atoms with Gasteiger partial charge in [0.2, 0.25) is 5.91 Å². The molecule has 2 atom stereocenters. The van der Waals surface area contributed by atoms with Crippen molar-refractivity contribution < 1.29 is 28.5 Å². The summed E-state index contributed by atoms with van der Waals surface area (Å²) in [5.41, 5.74) is 1.90. The highest BCUT2D eigenvalue weighted by Gasteiger charge is 2.40. The predicted octanol–water partition coefficient (Wildman–Crippen LogP) is 5.03. The second-order valence-electron chi connectivity index (χ2n) is 9.86. The third-order valence-electron chi connectivity index (χ3n) is 7.48. The molecular formula is C28H43NO6. The van der Waals surface area contributed by atoms with Gasteiger partial charge < -0.3 is 23.8 Å². The fraction of sp³-hybridized carbons (Fsp3) is 0.714. The smallest absolute Gasteiger partial charge is 0.328 e. The van der Waals surface area contributed by atoms with Crippen molar-refractivity contribution >= 4 is 11.9 Å². The molecule has 0 aromatic heterocycles. The number of hydrogen-bond donors (Lipinski definition) is 0. The van der Waals surface area contributed by atoms with Crippen LogP contribution < -0.4 is 9.47 Å². The predicted molar refractivity (Wildman–Crippen MR) is 135 cm³/mol. The van der Waals surface area contributed by atoms with Crippen molar-refractivity contribution in [2.24, 2.45) is 5.92 Å². The highest BCUT2D eigenvalue weighted by molar-refractivity contribution is 5.89. The lowest BCUT2D eigenvalue weighted by atomic mass is 9.75. The van der Waals surface area contributed by atoms with Crippen molar-refractivity contribution in [3.63, 3.8) is 0 Å². The van der Waals surface area contributed by atoms with Gasteiger partial charge in [-0.1, -0.05) is 25.3 Å². The molecule has 0 radical (unpaired) electrons. The minimum Gasteiger partial charge on any atom is -0.493 e. The molecule has 1 aromatic carbocycles. The lowest BCUT2D eigenvalue weighted by molar-refractivity contribution is -0.158. The number of unbranched alkanes of at least 4 members (excludes halogenated alkanes) is 1. The molecule has 1 saturated heterocycles. The minimum absolute atomic E-state index is 0.0459. The number of amides is 1. The third kappa shape index (κ3) is 6.90. The Morgan fingerprint density at radius 1 is 0.943 bits per heavy atom. The second kappa shape index (κ2) is 13.7. The number of piperidine rings is 1. The number of benzene rings is 1. The molecule has 196 valence electrons. The number of esters is 1. The van der Waals surface area contributed by atoms with Crippen molar-refractivity contribution in [2.75, 3.05) is 41.1 Å². The van der Waals surface area contributed by atoms with Gasteiger partial charge in [-0.2, -0.15) is 0 Å². The van der Waals surface area contributed by atoms with Crippen LogP contribution in [0.2, 0.25) is 0 Å². The molecule has 1 saturated carbocycles. The lowest BCUT2D eigenvalue weighted by Gasteiger charge is -2.39. The summed E-state index contributed by atoms with van der Waals surface area (Å²) < 4.78 is 21.8. The van der Waals surface area contributed by atoms with Crippen molar-refractivity contribution in [3.05, 3.63) is 23.3 Å². The average Bonchev–Trinajstić information content (AvgIpc) is 2.88. The highest BCUT2D eigenvalue weighted by Crippen LogP contribution is 2.42. The monoisotopic (exact) mass is 489 g/mol. The fourth-order valence-electron chi connectivity index (χ4n) is 5.68. The number of methoxy groups -OCH3 is 3. The van der Waals surface area contributed by atoms with E-state index < -0.39 is 6.04 Å². The zero-order chi connectivity index (χ0) is 25.2. The molecule has 3 rings (SSSR count). The van der Waals surface area contributed by atoms with E-state index in [1.165, 1.54) is 6.42 Å². The standard InChI is InChI=1S/C28H43NO6/c1-20-18-22(19-24(33-3)26(20)34-4)25(21-12-6-5-7-13-21)27(30)29-15-9-8-14-23(29)28(31)35-17-11-10-16-32-2/h18-19,21,23,25H,5-17H2,1-4H3/t23-,25-/m0/s1. The Labute approximate surface area is 210 Å². The number of nitrogens with zero attached hydrogens (tertiary/aromatic N) is 1. The summed E-state index contributed by atoms with van der Waals surface area (Å²) in [6.07, 6.45) is 9.62. The van der Waals surface area contributed by atoms with Gasteiger partial charge in [0.15, 0.2) is 11.5 Å². The van der Waals surface area contributed by atoms with Gasteiger partial charge in [-0.25, -0.2) is 4.79 Å². The first-order valence-electron chi connectivity index (χ1n) is 13.2. The van der Waals surface area contributed by atoms with Crippen molar-refractivity contribution in [1.82, 2.24) is 4.90 Å². The number of likely N-dealkylation sites (tertiary alicyclic amines) is 1. The first-order chi connectivity index (χ1) is 17.0. The summed E-state index contributed by atoms with van der Waals surface area (Å²) in [4.78, 5) is 29.1. The quantitative estimate of drug-likeness (QED) is 0.321. The van der Waals surface area contributed by atoms with Crippen LogP contribution in [0.4, 0.5) is 0 Å². The molecule has 2 aliphatic rings. The normalized spacial score (nSPS) is 19.8. The van der Waals surface area contributed by atoms with E-state index in [0.29, 0.717) is 37.7 Å². The first-order valence-corrected chi connectivity index (χ1v) is 13.2. The Hall–Kier alpha value is -2.28. The summed E-state index contributed by atoms with van der Waals surface area (Å²) in [5, 5.41) is 0. The molecule has 1 aliphatic carbocycles. The van der Waals surface area contributed by atoms with E-state index in [-0.39, 0.29) is 23.7 Å². The highest BCUT2D eigenvalue weighted by atomic mass is 16.5. The molecule has 2 fully saturated rings. The van der Waals surface area contributed by atoms with E-state index in [1.807, 2.05) is 17.9 Å². The Bertz CT molecular complexity index is 835. The van der Waals surface area contributed by atoms with Crippen molar-refractivity contribution in [1.29, 1.82) is 0 Å². The van der Waals surface area contributed by atoms with Gasteiger partial charge in [-0.15, -0.1) is 0 Å². The summed E-state index contributed by atoms with van der Waals surface area (Å²) in [5.74, 6) is 1.05. The van der Waals surface area contributed by atoms with Gasteiger partial charge in [-0.3, -0.25) is 4.79 Å². The Balaban J connectivity index is 1.86. The minimum atomic E-state index is -0.508. The average molecular weight is 490 g/mol. The van der Waals surface area contributed by atoms with E-state index in [4.69, 9.17) is 18.9 Å². The fourth-order valence-corrected chi connectivity index (χ4v) is 5.68. The SMILES string of the molecule is COCCCCOC(=O)[C@@H]1CCCCN1C(=O)[C@H](c1cc(C)c(OC)c(OC)c1)C1CCCCC1. The maximum Gasteiger partial charge on any atom is 0.328 e. The van der Waals surface area contributed by atoms with Gasteiger partial charge in [0.05, 0.1) is 26.7 Å². The van der Waals surface area contributed by atoms with Gasteiger partial charge in [0, 0.05) is 20.3 Å². The summed E-state index contributed by atoms with van der Waals surface area (Å²) >= 11 is 0. The molecule has 1 amide bonds. The van der Waals surface area contributed by atoms with Crippen LogP contribution in [0.3, 0.4) is 0 Å². The number of carbonyl (C=O) groups excluding carboxylic acids is 2. The van der Waals surface area contributed by atoms with Crippen LogP contribution in [-0.4, -0.2) is 63.9 Å². The molecule has 1 aromatic rings. The maximum absolute atomic E-state index is 14.2. The number of hydrogen-bond acceptors (Lipinski definition) is 6. The zero-order valence-corrected chi connectivity index (χ0v) is 22.0. The van der Waals surface area contributed by atoms with Crippen LogP contribution in [0.25, 0.3) is 0 Å². The van der Waals surface area contributed by atoms with E-state index >= 15 is 0 Å². The van der Waals surface area contributed by atoms with Gasteiger partial charge >= 0.3 is 5.97 Å². The molecule has 35 heavy (non-hydrogen) atoms. The first kappa shape index (κ1) is 27.3. The summed E-state index contributed by atoms with van der Waals surface area (Å²) in [6.45, 7) is 3.59. The van der Waals surface area contributed by atoms with Crippen LogP contribution in [0.1, 0.15) is 81.3 Å². The molecule has 0 spiro atoms. The number of aryl methyl sites for hydroxylation is 1. The maximum atomic E-state index is 14.2. The number of carbonyl (C=O) groups is 2. The van der Waals surface area contributed by atoms with Gasteiger partial charge in [0.25, 0.3) is 0 Å². The molecule has 7 nitrogen and oxygen atoms in total. The molecular weight excluding hydrogens is 446 g/mol. The van der Waals surface area contributed by atoms with Crippen LogP contribution in [0.15, 0.2) is 12.1 Å². The third-order valence-corrected chi connectivity index (χ3v) is 7.48. The Morgan fingerprint density at radius 2 is 1.66 bits per heavy atom. The molecule has 1 aliphatic heterocycles. The van der Waals surface area contributed by atoms with Crippen LogP contribution in [0, 0.1) is 12.8 Å². The summed E-state index contributed by atoms with van der Waals surface area (Å²) in [6, 6.07) is 3.51. The van der Waals surface area contributed by atoms with Gasteiger partial charge in [-0.05, 0) is 75.0 Å². The summed E-state index contributed by atoms with van der Waals surface area (Å²) in [7, 11) is 4.93. The molecule has 0 bridgehead atoms. The topological polar surface area (TPSA) is 74.3 Å². The Kier molecular flexibility index (Phi) is 10.7. The zero-order valence-electron chi connectivity index (χ0n) is 22.0. The second-order valence-corrected chi connectivity index (χ2v) is 9.86. The van der Waals surface area contributed by atoms with Crippen LogP contribution >= 0.6 is 0 Å². The van der Waals surface area contributed by atoms with Crippen LogP contribution in [0.5, 0.6) is 11.5 Å². The van der Waals surface area contributed by atoms with E-state index in [0.717, 1.165) is 62.5 Å². The molecule has 1 heterocycles. The van der Waals surface area contributed by atoms with E-state index in [9.17, 15) is 9.59 Å². The molecule has 0 unspecified atom stereocenters. The molecule has 0 N–H and O–H groups in total. The van der Waals surface area contributed by atoms with E-state index in [2.05, 4.69) is 6.07 Å².